The third-order valence-electron chi connectivity index (χ3n) is 2.81. The highest BCUT2D eigenvalue weighted by Crippen LogP contribution is 2.25. The maximum atomic E-state index is 12.3. The van der Waals surface area contributed by atoms with Crippen molar-refractivity contribution < 1.29 is 37.0 Å². The summed E-state index contributed by atoms with van der Waals surface area (Å²) in [6.07, 6.45) is -7.57. The van der Waals surface area contributed by atoms with Crippen molar-refractivity contribution in [2.45, 2.75) is 51.0 Å². The van der Waals surface area contributed by atoms with Gasteiger partial charge in [-0.05, 0) is 6.92 Å². The summed E-state index contributed by atoms with van der Waals surface area (Å²) in [6, 6.07) is -1.04. The number of esters is 1. The number of halogens is 3. The van der Waals surface area contributed by atoms with Gasteiger partial charge in [-0.25, -0.2) is 0 Å². The molecule has 1 saturated heterocycles. The Labute approximate surface area is 113 Å². The Kier molecular flexibility index (Phi) is 5.35. The second-order valence-electron chi connectivity index (χ2n) is 4.39. The maximum absolute atomic E-state index is 12.3. The molecule has 0 bridgehead atoms. The van der Waals surface area contributed by atoms with E-state index in [-0.39, 0.29) is 6.42 Å². The van der Waals surface area contributed by atoms with E-state index in [4.69, 9.17) is 14.2 Å². The number of hydrogen-bond acceptors (Lipinski definition) is 5. The molecular formula is C11H16F3NO5. The summed E-state index contributed by atoms with van der Waals surface area (Å²) in [6.45, 7) is 2.64. The lowest BCUT2D eigenvalue weighted by Crippen LogP contribution is -2.58. The quantitative estimate of drug-likeness (QED) is 0.778. The molecule has 1 heterocycles. The van der Waals surface area contributed by atoms with Gasteiger partial charge >= 0.3 is 18.1 Å². The molecule has 0 spiro atoms. The van der Waals surface area contributed by atoms with Crippen LogP contribution >= 0.6 is 0 Å². The van der Waals surface area contributed by atoms with E-state index in [1.54, 1.807) is 0 Å². The number of hydrogen-bond donors (Lipinski definition) is 1. The summed E-state index contributed by atoms with van der Waals surface area (Å²) < 4.78 is 52.0. The lowest BCUT2D eigenvalue weighted by molar-refractivity contribution is -0.226. The lowest BCUT2D eigenvalue weighted by Gasteiger charge is -2.39. The average Bonchev–Trinajstić information content (AvgIpc) is 2.31. The number of rotatable bonds is 3. The topological polar surface area (TPSA) is 73.9 Å². The van der Waals surface area contributed by atoms with Gasteiger partial charge in [-0.1, -0.05) is 0 Å². The van der Waals surface area contributed by atoms with Gasteiger partial charge in [0.05, 0.1) is 12.1 Å². The minimum Gasteiger partial charge on any atom is -0.458 e. The number of carbonyl (C=O) groups is 2. The molecule has 0 aromatic heterocycles. The van der Waals surface area contributed by atoms with Crippen molar-refractivity contribution in [1.29, 1.82) is 0 Å². The summed E-state index contributed by atoms with van der Waals surface area (Å²) in [5.41, 5.74) is 0. The number of amides is 1. The van der Waals surface area contributed by atoms with Crippen LogP contribution in [-0.4, -0.2) is 49.7 Å². The van der Waals surface area contributed by atoms with Crippen molar-refractivity contribution in [2.24, 2.45) is 0 Å². The Bertz CT molecular complexity index is 374. The van der Waals surface area contributed by atoms with E-state index in [0.29, 0.717) is 0 Å². The Hall–Kier alpha value is -1.35. The number of alkyl halides is 3. The molecule has 1 fully saturated rings. The summed E-state index contributed by atoms with van der Waals surface area (Å²) in [5.74, 6) is -2.77. The molecule has 1 amide bonds. The highest BCUT2D eigenvalue weighted by molar-refractivity contribution is 5.82. The molecule has 1 rings (SSSR count). The lowest BCUT2D eigenvalue weighted by atomic mass is 9.99. The molecule has 116 valence electrons. The third kappa shape index (κ3) is 4.34. The van der Waals surface area contributed by atoms with Crippen LogP contribution in [0.15, 0.2) is 0 Å². The molecule has 9 heteroatoms. The van der Waals surface area contributed by atoms with E-state index >= 15 is 0 Å². The normalized spacial score (nSPS) is 30.7. The molecule has 0 aliphatic carbocycles. The van der Waals surface area contributed by atoms with Crippen LogP contribution in [0.25, 0.3) is 0 Å². The summed E-state index contributed by atoms with van der Waals surface area (Å²) in [4.78, 5) is 22.0. The van der Waals surface area contributed by atoms with Gasteiger partial charge in [-0.2, -0.15) is 13.2 Å². The van der Waals surface area contributed by atoms with E-state index in [1.807, 2.05) is 5.32 Å². The van der Waals surface area contributed by atoms with Gasteiger partial charge in [-0.3, -0.25) is 9.59 Å². The highest BCUT2D eigenvalue weighted by Gasteiger charge is 2.45. The fraction of sp³-hybridized carbons (Fsp3) is 0.818. The predicted molar refractivity (Wildman–Crippen MR) is 59.5 cm³/mol. The van der Waals surface area contributed by atoms with Gasteiger partial charge in [0.15, 0.2) is 6.29 Å². The van der Waals surface area contributed by atoms with E-state index in [9.17, 15) is 22.8 Å². The Morgan fingerprint density at radius 1 is 1.35 bits per heavy atom. The van der Waals surface area contributed by atoms with E-state index < -0.39 is 42.6 Å². The first-order chi connectivity index (χ1) is 9.15. The second-order valence-corrected chi connectivity index (χ2v) is 4.39. The van der Waals surface area contributed by atoms with Crippen molar-refractivity contribution in [3.05, 3.63) is 0 Å². The maximum Gasteiger partial charge on any atom is 0.471 e. The fourth-order valence-corrected chi connectivity index (χ4v) is 1.95. The average molecular weight is 299 g/mol. The van der Waals surface area contributed by atoms with Crippen molar-refractivity contribution in [3.8, 4) is 0 Å². The van der Waals surface area contributed by atoms with E-state index in [0.717, 1.165) is 6.92 Å². The number of nitrogens with one attached hydrogen (secondary N) is 1. The minimum absolute atomic E-state index is 0.0550. The van der Waals surface area contributed by atoms with Crippen molar-refractivity contribution in [1.82, 2.24) is 5.32 Å². The zero-order valence-corrected chi connectivity index (χ0v) is 11.2. The first-order valence-electron chi connectivity index (χ1n) is 5.88. The summed E-state index contributed by atoms with van der Waals surface area (Å²) in [7, 11) is 1.33. The molecular weight excluding hydrogens is 283 g/mol. The Morgan fingerprint density at radius 3 is 2.40 bits per heavy atom. The SMILES string of the molecule is CO[C@H]1C[C@@H](NC(=O)C(F)(F)F)[C@H](OC(C)=O)[C@@H](C)O1. The molecule has 1 N–H and O–H groups in total. The molecule has 1 aliphatic rings. The Morgan fingerprint density at radius 2 is 1.95 bits per heavy atom. The van der Waals surface area contributed by atoms with Gasteiger partial charge in [0.25, 0.3) is 0 Å². The Balaban J connectivity index is 2.83. The van der Waals surface area contributed by atoms with E-state index in [2.05, 4.69) is 0 Å². The predicted octanol–water partition coefficient (Wildman–Crippen LogP) is 0.746. The van der Waals surface area contributed by atoms with Crippen molar-refractivity contribution >= 4 is 11.9 Å². The number of methoxy groups -OCH3 is 1. The molecule has 0 saturated carbocycles. The molecule has 0 aromatic carbocycles. The molecule has 1 aliphatic heterocycles. The third-order valence-corrected chi connectivity index (χ3v) is 2.81. The molecule has 4 atom stereocenters. The van der Waals surface area contributed by atoms with Crippen LogP contribution in [0.4, 0.5) is 13.2 Å². The van der Waals surface area contributed by atoms with Gasteiger partial charge in [-0.15, -0.1) is 0 Å². The highest BCUT2D eigenvalue weighted by atomic mass is 19.4. The van der Waals surface area contributed by atoms with Crippen LogP contribution in [0.2, 0.25) is 0 Å². The van der Waals surface area contributed by atoms with Gasteiger partial charge in [0.1, 0.15) is 6.10 Å². The van der Waals surface area contributed by atoms with Crippen LogP contribution in [0.5, 0.6) is 0 Å². The van der Waals surface area contributed by atoms with E-state index in [1.165, 1.54) is 14.0 Å². The molecule has 0 aromatic rings. The summed E-state index contributed by atoms with van der Waals surface area (Å²) >= 11 is 0. The van der Waals surface area contributed by atoms with Crippen LogP contribution in [-0.2, 0) is 23.8 Å². The first-order valence-corrected chi connectivity index (χ1v) is 5.88. The van der Waals surface area contributed by atoms with Crippen LogP contribution in [0, 0.1) is 0 Å². The van der Waals surface area contributed by atoms with Crippen LogP contribution in [0.3, 0.4) is 0 Å². The van der Waals surface area contributed by atoms with Crippen molar-refractivity contribution in [2.75, 3.05) is 7.11 Å². The minimum atomic E-state index is -5.01. The molecule has 20 heavy (non-hydrogen) atoms. The standard InChI is InChI=1S/C11H16F3NO5/c1-5-9(20-6(2)16)7(4-8(18-3)19-5)15-10(17)11(12,13)14/h5,7-9H,4H2,1-3H3,(H,15,17)/t5-,7-,8-,9-/m1/s1. The zero-order valence-electron chi connectivity index (χ0n) is 11.2. The van der Waals surface area contributed by atoms with Crippen LogP contribution in [0.1, 0.15) is 20.3 Å². The van der Waals surface area contributed by atoms with Gasteiger partial charge in [0, 0.05) is 20.5 Å². The first kappa shape index (κ1) is 16.7. The van der Waals surface area contributed by atoms with Crippen LogP contribution < -0.4 is 5.32 Å². The smallest absolute Gasteiger partial charge is 0.458 e. The molecule has 0 unspecified atom stereocenters. The fourth-order valence-electron chi connectivity index (χ4n) is 1.95. The second kappa shape index (κ2) is 6.40. The number of carbonyl (C=O) groups excluding carboxylic acids is 2. The van der Waals surface area contributed by atoms with Crippen molar-refractivity contribution in [3.63, 3.8) is 0 Å². The molecule has 6 nitrogen and oxygen atoms in total. The zero-order chi connectivity index (χ0) is 15.5. The molecule has 0 radical (unpaired) electrons. The monoisotopic (exact) mass is 299 g/mol. The summed E-state index contributed by atoms with van der Waals surface area (Å²) in [5, 5.41) is 1.81. The number of ether oxygens (including phenoxy) is 3. The van der Waals surface area contributed by atoms with Gasteiger partial charge in [0.2, 0.25) is 0 Å². The van der Waals surface area contributed by atoms with Gasteiger partial charge < -0.3 is 19.5 Å². The largest absolute Gasteiger partial charge is 0.471 e.